The van der Waals surface area contributed by atoms with E-state index in [4.69, 9.17) is 0 Å². The molecule has 2 aliphatic carbocycles. The average Bonchev–Trinajstić information content (AvgIpc) is 3.05. The average molecular weight is 219 g/mol. The Kier molecular flexibility index (Phi) is 2.23. The smallest absolute Gasteiger partial charge is 0.223 e. The van der Waals surface area contributed by atoms with Gasteiger partial charge in [0.25, 0.3) is 0 Å². The predicted octanol–water partition coefficient (Wildman–Crippen LogP) is 1.32. The Bertz CT molecular complexity index is 420. The highest BCUT2D eigenvalue weighted by Gasteiger charge is 2.32. The third-order valence-electron chi connectivity index (χ3n) is 3.64. The van der Waals surface area contributed by atoms with E-state index < -0.39 is 0 Å². The summed E-state index contributed by atoms with van der Waals surface area (Å²) >= 11 is 0. The van der Waals surface area contributed by atoms with E-state index in [2.05, 4.69) is 10.4 Å². The van der Waals surface area contributed by atoms with Crippen LogP contribution in [0.4, 0.5) is 0 Å². The van der Waals surface area contributed by atoms with Crippen LogP contribution in [0.3, 0.4) is 0 Å². The van der Waals surface area contributed by atoms with Gasteiger partial charge in [-0.3, -0.25) is 9.48 Å². The lowest BCUT2D eigenvalue weighted by Crippen LogP contribution is -2.31. The summed E-state index contributed by atoms with van der Waals surface area (Å²) in [6.45, 7) is 0. The molecule has 4 heteroatoms. The first-order valence-corrected chi connectivity index (χ1v) is 6.07. The highest BCUT2D eigenvalue weighted by Crippen LogP contribution is 2.33. The summed E-state index contributed by atoms with van der Waals surface area (Å²) in [5, 5.41) is 7.44. The number of fused-ring (bicyclic) bond motifs is 1. The molecule has 0 spiro atoms. The number of aromatic nitrogens is 2. The molecular formula is C12H17N3O. The van der Waals surface area contributed by atoms with E-state index in [1.54, 1.807) is 0 Å². The van der Waals surface area contributed by atoms with Crippen molar-refractivity contribution in [3.05, 3.63) is 17.5 Å². The third kappa shape index (κ3) is 1.62. The summed E-state index contributed by atoms with van der Waals surface area (Å²) in [4.78, 5) is 11.8. The van der Waals surface area contributed by atoms with Gasteiger partial charge in [-0.05, 0) is 32.1 Å². The molecule has 2 aliphatic rings. The van der Waals surface area contributed by atoms with Crippen LogP contribution in [0.15, 0.2) is 6.20 Å². The van der Waals surface area contributed by atoms with Gasteiger partial charge in [0.05, 0.1) is 12.2 Å². The fraction of sp³-hybridized carbons (Fsp3) is 0.667. The van der Waals surface area contributed by atoms with Gasteiger partial charge in [0.15, 0.2) is 0 Å². The molecule has 16 heavy (non-hydrogen) atoms. The van der Waals surface area contributed by atoms with Crippen molar-refractivity contribution in [1.82, 2.24) is 15.1 Å². The van der Waals surface area contributed by atoms with E-state index in [1.165, 1.54) is 11.3 Å². The van der Waals surface area contributed by atoms with Crippen molar-refractivity contribution < 1.29 is 4.79 Å². The van der Waals surface area contributed by atoms with Crippen LogP contribution in [0.1, 0.15) is 43.0 Å². The van der Waals surface area contributed by atoms with Gasteiger partial charge in [0, 0.05) is 24.2 Å². The molecule has 1 saturated carbocycles. The minimum atomic E-state index is 0.200. The van der Waals surface area contributed by atoms with Crippen molar-refractivity contribution in [2.75, 3.05) is 0 Å². The molecule has 0 aromatic carbocycles. The van der Waals surface area contributed by atoms with Gasteiger partial charge >= 0.3 is 0 Å². The van der Waals surface area contributed by atoms with E-state index >= 15 is 0 Å². The maximum Gasteiger partial charge on any atom is 0.223 e. The van der Waals surface area contributed by atoms with Crippen molar-refractivity contribution in [3.63, 3.8) is 0 Å². The molecule has 1 unspecified atom stereocenters. The Hall–Kier alpha value is -1.32. The van der Waals surface area contributed by atoms with Gasteiger partial charge in [-0.1, -0.05) is 0 Å². The molecule has 1 amide bonds. The molecule has 1 N–H and O–H groups in total. The first kappa shape index (κ1) is 9.87. The SMILES string of the molecule is Cn1ncc2c1CCCC2NC(=O)C1CC1. The summed E-state index contributed by atoms with van der Waals surface area (Å²) in [7, 11) is 1.98. The number of hydrogen-bond donors (Lipinski definition) is 1. The summed E-state index contributed by atoms with van der Waals surface area (Å²) in [6.07, 6.45) is 7.32. The van der Waals surface area contributed by atoms with E-state index in [-0.39, 0.29) is 11.9 Å². The number of nitrogens with one attached hydrogen (secondary N) is 1. The molecule has 1 aromatic heterocycles. The number of nitrogens with zero attached hydrogens (tertiary/aromatic N) is 2. The van der Waals surface area contributed by atoms with Crippen LogP contribution < -0.4 is 5.32 Å². The second kappa shape index (κ2) is 3.61. The Morgan fingerprint density at radius 1 is 1.50 bits per heavy atom. The first-order valence-electron chi connectivity index (χ1n) is 6.07. The lowest BCUT2D eigenvalue weighted by molar-refractivity contribution is -0.123. The molecule has 1 heterocycles. The van der Waals surface area contributed by atoms with Crippen molar-refractivity contribution in [2.45, 2.75) is 38.1 Å². The van der Waals surface area contributed by atoms with Crippen LogP contribution >= 0.6 is 0 Å². The highest BCUT2D eigenvalue weighted by atomic mass is 16.2. The molecule has 1 fully saturated rings. The fourth-order valence-corrected chi connectivity index (χ4v) is 2.49. The minimum absolute atomic E-state index is 0.200. The Morgan fingerprint density at radius 3 is 3.06 bits per heavy atom. The third-order valence-corrected chi connectivity index (χ3v) is 3.64. The van der Waals surface area contributed by atoms with Gasteiger partial charge in [-0.15, -0.1) is 0 Å². The molecule has 0 radical (unpaired) electrons. The standard InChI is InChI=1S/C12H17N3O/c1-15-11-4-2-3-10(9(11)7-13-15)14-12(16)8-5-6-8/h7-8,10H,2-6H2,1H3,(H,14,16). The maximum atomic E-state index is 11.8. The van der Waals surface area contributed by atoms with Crippen LogP contribution in [-0.2, 0) is 18.3 Å². The normalized spacial score (nSPS) is 23.9. The molecular weight excluding hydrogens is 202 g/mol. The molecule has 0 bridgehead atoms. The monoisotopic (exact) mass is 219 g/mol. The molecule has 0 aliphatic heterocycles. The van der Waals surface area contributed by atoms with E-state index in [0.29, 0.717) is 5.92 Å². The van der Waals surface area contributed by atoms with Gasteiger partial charge < -0.3 is 5.32 Å². The first-order chi connectivity index (χ1) is 7.75. The number of carbonyl (C=O) groups is 1. The van der Waals surface area contributed by atoms with Crippen LogP contribution in [0.2, 0.25) is 0 Å². The number of carbonyl (C=O) groups excluding carboxylic acids is 1. The lowest BCUT2D eigenvalue weighted by Gasteiger charge is -2.23. The topological polar surface area (TPSA) is 46.9 Å². The van der Waals surface area contributed by atoms with E-state index in [9.17, 15) is 4.79 Å². The zero-order valence-electron chi connectivity index (χ0n) is 9.57. The number of rotatable bonds is 2. The second-order valence-corrected chi connectivity index (χ2v) is 4.90. The van der Waals surface area contributed by atoms with Crippen LogP contribution in [0, 0.1) is 5.92 Å². The van der Waals surface area contributed by atoms with Crippen LogP contribution in [-0.4, -0.2) is 15.7 Å². The number of hydrogen-bond acceptors (Lipinski definition) is 2. The molecule has 1 aromatic rings. The molecule has 1 atom stereocenters. The van der Waals surface area contributed by atoms with Gasteiger partial charge in [0.1, 0.15) is 0 Å². The Labute approximate surface area is 95.0 Å². The zero-order chi connectivity index (χ0) is 11.1. The van der Waals surface area contributed by atoms with Gasteiger partial charge in [0.2, 0.25) is 5.91 Å². The largest absolute Gasteiger partial charge is 0.349 e. The summed E-state index contributed by atoms with van der Waals surface area (Å²) < 4.78 is 1.94. The van der Waals surface area contributed by atoms with Crippen molar-refractivity contribution in [1.29, 1.82) is 0 Å². The second-order valence-electron chi connectivity index (χ2n) is 4.90. The summed E-state index contributed by atoms with van der Waals surface area (Å²) in [5.74, 6) is 0.531. The van der Waals surface area contributed by atoms with E-state index in [1.807, 2.05) is 17.9 Å². The Morgan fingerprint density at radius 2 is 2.31 bits per heavy atom. The lowest BCUT2D eigenvalue weighted by atomic mass is 9.93. The minimum Gasteiger partial charge on any atom is -0.349 e. The molecule has 86 valence electrons. The van der Waals surface area contributed by atoms with Crippen LogP contribution in [0.25, 0.3) is 0 Å². The number of amides is 1. The Balaban J connectivity index is 1.78. The zero-order valence-corrected chi connectivity index (χ0v) is 9.57. The van der Waals surface area contributed by atoms with Crippen molar-refractivity contribution in [2.24, 2.45) is 13.0 Å². The van der Waals surface area contributed by atoms with Gasteiger partial charge in [-0.25, -0.2) is 0 Å². The maximum absolute atomic E-state index is 11.8. The molecule has 3 rings (SSSR count). The van der Waals surface area contributed by atoms with E-state index in [0.717, 1.165) is 32.1 Å². The van der Waals surface area contributed by atoms with Crippen molar-refractivity contribution in [3.8, 4) is 0 Å². The number of aryl methyl sites for hydroxylation is 1. The summed E-state index contributed by atoms with van der Waals surface area (Å²) in [6, 6.07) is 0.200. The predicted molar refractivity (Wildman–Crippen MR) is 59.8 cm³/mol. The fourth-order valence-electron chi connectivity index (χ4n) is 2.49. The molecule has 0 saturated heterocycles. The summed E-state index contributed by atoms with van der Waals surface area (Å²) in [5.41, 5.74) is 2.51. The van der Waals surface area contributed by atoms with Crippen LogP contribution in [0.5, 0.6) is 0 Å². The van der Waals surface area contributed by atoms with Crippen molar-refractivity contribution >= 4 is 5.91 Å². The molecule has 4 nitrogen and oxygen atoms in total. The quantitative estimate of drug-likeness (QED) is 0.815. The van der Waals surface area contributed by atoms with Gasteiger partial charge in [-0.2, -0.15) is 5.10 Å². The highest BCUT2D eigenvalue weighted by molar-refractivity contribution is 5.81.